The summed E-state index contributed by atoms with van der Waals surface area (Å²) >= 11 is 0. The van der Waals surface area contributed by atoms with E-state index < -0.39 is 24.3 Å². The number of nitrogens with zero attached hydrogens (tertiary/aromatic N) is 4. The van der Waals surface area contributed by atoms with Crippen molar-refractivity contribution in [3.63, 3.8) is 0 Å². The van der Waals surface area contributed by atoms with Crippen LogP contribution in [0, 0.1) is 11.8 Å². The molecule has 4 saturated heterocycles. The number of fused-ring (bicyclic) bond motifs is 2. The Hall–Kier alpha value is -6.20. The summed E-state index contributed by atoms with van der Waals surface area (Å²) in [5.41, 5.74) is 4.79. The molecule has 6 aliphatic rings. The number of alkyl carbamates (subject to hydrolysis) is 2. The van der Waals surface area contributed by atoms with Crippen LogP contribution in [0.2, 0.25) is 0 Å². The number of likely N-dealkylation sites (tertiary alicyclic amines) is 2. The molecule has 5 aromatic rings. The first-order valence-electron chi connectivity index (χ1n) is 23.9. The fourth-order valence-electron chi connectivity index (χ4n) is 11.3. The van der Waals surface area contributed by atoms with Crippen molar-refractivity contribution < 1.29 is 42.9 Å². The van der Waals surface area contributed by atoms with Crippen LogP contribution in [0.25, 0.3) is 33.2 Å². The molecule has 2 spiro atoms. The Morgan fingerprint density at radius 1 is 0.687 bits per heavy atom. The topological polar surface area (TPSA) is 202 Å². The summed E-state index contributed by atoms with van der Waals surface area (Å²) in [6.45, 7) is 2.30. The Kier molecular flexibility index (Phi) is 11.3. The predicted molar refractivity (Wildman–Crippen MR) is 245 cm³/mol. The Bertz CT molecular complexity index is 2690. The molecule has 67 heavy (non-hydrogen) atoms. The van der Waals surface area contributed by atoms with Gasteiger partial charge in [0.2, 0.25) is 11.8 Å². The highest BCUT2D eigenvalue weighted by Gasteiger charge is 2.53. The van der Waals surface area contributed by atoms with Gasteiger partial charge in [0.15, 0.2) is 5.75 Å². The number of benzene rings is 3. The molecule has 6 fully saturated rings. The van der Waals surface area contributed by atoms with Gasteiger partial charge in [0.25, 0.3) is 0 Å². The van der Waals surface area contributed by atoms with Crippen molar-refractivity contribution in [2.45, 2.75) is 112 Å². The van der Waals surface area contributed by atoms with Gasteiger partial charge in [0.1, 0.15) is 35.0 Å². The van der Waals surface area contributed by atoms with Crippen molar-refractivity contribution in [1.82, 2.24) is 40.4 Å². The number of amides is 4. The highest BCUT2D eigenvalue weighted by molar-refractivity contribution is 5.88. The lowest BCUT2D eigenvalue weighted by molar-refractivity contribution is -0.138. The van der Waals surface area contributed by atoms with E-state index in [0.717, 1.165) is 97.7 Å². The molecule has 17 heteroatoms. The molecule has 17 nitrogen and oxygen atoms in total. The molecule has 352 valence electrons. The van der Waals surface area contributed by atoms with Crippen molar-refractivity contribution in [2.24, 2.45) is 11.8 Å². The monoisotopic (exact) mass is 914 g/mol. The van der Waals surface area contributed by atoms with E-state index >= 15 is 0 Å². The molecule has 0 bridgehead atoms. The maximum Gasteiger partial charge on any atom is 0.407 e. The lowest BCUT2D eigenvalue weighted by Gasteiger charge is -2.37. The maximum atomic E-state index is 14.4. The number of aromatic amines is 2. The quantitative estimate of drug-likeness (QED) is 0.102. The molecule has 11 rings (SSSR count). The van der Waals surface area contributed by atoms with E-state index in [1.54, 1.807) is 0 Å². The zero-order valence-electron chi connectivity index (χ0n) is 38.0. The zero-order valence-corrected chi connectivity index (χ0v) is 38.0. The Balaban J connectivity index is 0.777. The van der Waals surface area contributed by atoms with Crippen LogP contribution in [0.5, 0.6) is 11.5 Å². The standard InChI is InChI=1S/C50H58N8O9/c1-63-47(61)55-40(31-16-24-65-49(27-31)18-19-49)45(59)57-22-4-7-37(57)43-51-34-15-12-30(26-36(34)53-43)29-10-13-33(14-11-29)67-39-9-3-6-35-42(39)54-44(52-35)38-8-5-23-58(38)46(60)41(56-48(62)64-2)32-17-25-66-50(28-32)20-21-50/h3,6,9-15,26,31-32,37-38,40-41H,4-5,7-8,16-25,27-28H2,1-2H3,(H,51,53)(H,52,54)(H,55,61)(H,56,62)/t31?,32?,37-,38-,40?,41?/m0/s1. The van der Waals surface area contributed by atoms with Gasteiger partial charge >= 0.3 is 12.2 Å². The van der Waals surface area contributed by atoms with E-state index in [1.165, 1.54) is 14.2 Å². The molecule has 6 heterocycles. The highest BCUT2D eigenvalue weighted by atomic mass is 16.5. The molecular formula is C50H58N8O9. The average Bonchev–Trinajstić information content (AvgIpc) is 3.86. The van der Waals surface area contributed by atoms with E-state index in [-0.39, 0.29) is 46.9 Å². The Morgan fingerprint density at radius 3 is 1.81 bits per heavy atom. The van der Waals surface area contributed by atoms with E-state index in [4.69, 9.17) is 33.7 Å². The van der Waals surface area contributed by atoms with Crippen molar-refractivity contribution in [3.05, 3.63) is 72.3 Å². The molecule has 2 aliphatic carbocycles. The largest absolute Gasteiger partial charge is 0.455 e. The van der Waals surface area contributed by atoms with E-state index in [9.17, 15) is 19.2 Å². The molecular weight excluding hydrogens is 857 g/mol. The third-order valence-electron chi connectivity index (χ3n) is 15.2. The number of carbonyl (C=O) groups excluding carboxylic acids is 4. The second kappa shape index (κ2) is 17.5. The number of hydrogen-bond donors (Lipinski definition) is 4. The summed E-state index contributed by atoms with van der Waals surface area (Å²) in [5, 5.41) is 5.77. The fraction of sp³-hybridized carbons (Fsp3) is 0.520. The first-order valence-corrected chi connectivity index (χ1v) is 23.9. The van der Waals surface area contributed by atoms with Gasteiger partial charge in [-0.1, -0.05) is 24.3 Å². The highest BCUT2D eigenvalue weighted by Crippen LogP contribution is 2.50. The van der Waals surface area contributed by atoms with Crippen molar-refractivity contribution >= 4 is 46.1 Å². The van der Waals surface area contributed by atoms with Crippen molar-refractivity contribution in [2.75, 3.05) is 40.5 Å². The van der Waals surface area contributed by atoms with E-state index in [0.29, 0.717) is 62.0 Å². The molecule has 3 aromatic carbocycles. The summed E-state index contributed by atoms with van der Waals surface area (Å²) in [6.07, 6.45) is 8.76. The van der Waals surface area contributed by atoms with Gasteiger partial charge in [-0.25, -0.2) is 19.6 Å². The van der Waals surface area contributed by atoms with Crippen LogP contribution in [0.15, 0.2) is 60.7 Å². The van der Waals surface area contributed by atoms with Gasteiger partial charge in [0.05, 0.1) is 54.1 Å². The number of carbonyl (C=O) groups is 4. The lowest BCUT2D eigenvalue weighted by atomic mass is 9.86. The third-order valence-corrected chi connectivity index (χ3v) is 15.2. The minimum atomic E-state index is -0.714. The molecule has 4 N–H and O–H groups in total. The van der Waals surface area contributed by atoms with E-state index in [2.05, 4.69) is 32.7 Å². The van der Waals surface area contributed by atoms with Gasteiger partial charge in [0, 0.05) is 26.3 Å². The van der Waals surface area contributed by atoms with Crippen LogP contribution in [0.3, 0.4) is 0 Å². The molecule has 0 radical (unpaired) electrons. The summed E-state index contributed by atoms with van der Waals surface area (Å²) in [4.78, 5) is 74.5. The first kappa shape index (κ1) is 43.4. The zero-order chi connectivity index (χ0) is 45.9. The lowest BCUT2D eigenvalue weighted by Crippen LogP contribution is -2.54. The van der Waals surface area contributed by atoms with Crippen molar-refractivity contribution in [1.29, 1.82) is 0 Å². The Labute approximate surface area is 388 Å². The summed E-state index contributed by atoms with van der Waals surface area (Å²) < 4.78 is 28.5. The van der Waals surface area contributed by atoms with Crippen LogP contribution in [0.4, 0.5) is 9.59 Å². The number of imidazole rings is 2. The summed E-state index contributed by atoms with van der Waals surface area (Å²) in [5.74, 6) is 2.33. The fourth-order valence-corrected chi connectivity index (χ4v) is 11.3. The van der Waals surface area contributed by atoms with Gasteiger partial charge in [-0.3, -0.25) is 9.59 Å². The van der Waals surface area contributed by atoms with Gasteiger partial charge in [-0.15, -0.1) is 0 Å². The molecule has 4 aliphatic heterocycles. The van der Waals surface area contributed by atoms with Gasteiger partial charge < -0.3 is 54.1 Å². The SMILES string of the molecule is COC(=O)NC(C(=O)N1CCC[C@H]1c1nc2cc(-c3ccc(Oc4cccc5[nH]c([C@@H]6CCCN6C(=O)C(NC(=O)OC)C6CCOC7(CC7)C6)nc45)cc3)ccc2[nH]1)C1CCOC2(CC2)C1. The number of methoxy groups -OCH3 is 2. The average molecular weight is 915 g/mol. The number of hydrogen-bond acceptors (Lipinski definition) is 11. The molecule has 6 atom stereocenters. The third kappa shape index (κ3) is 8.56. The van der Waals surface area contributed by atoms with Crippen LogP contribution < -0.4 is 15.4 Å². The summed E-state index contributed by atoms with van der Waals surface area (Å²) in [6, 6.07) is 17.8. The Morgan fingerprint density at radius 2 is 1.24 bits per heavy atom. The number of nitrogens with one attached hydrogen (secondary N) is 4. The molecule has 4 amide bonds. The van der Waals surface area contributed by atoms with Crippen LogP contribution >= 0.6 is 0 Å². The van der Waals surface area contributed by atoms with Crippen LogP contribution in [-0.2, 0) is 28.5 Å². The predicted octanol–water partition coefficient (Wildman–Crippen LogP) is 7.59. The second-order valence-electron chi connectivity index (χ2n) is 19.4. The normalized spacial score (nSPS) is 24.7. The maximum absolute atomic E-state index is 14.4. The first-order chi connectivity index (χ1) is 32.6. The molecule has 4 unspecified atom stereocenters. The smallest absolute Gasteiger partial charge is 0.407 e. The van der Waals surface area contributed by atoms with Crippen LogP contribution in [-0.4, -0.2) is 118 Å². The number of ether oxygens (including phenoxy) is 5. The number of rotatable bonds is 11. The van der Waals surface area contributed by atoms with Crippen LogP contribution in [0.1, 0.15) is 101 Å². The van der Waals surface area contributed by atoms with Gasteiger partial charge in [-0.05, 0) is 136 Å². The minimum Gasteiger partial charge on any atom is -0.455 e. The number of para-hydroxylation sites is 1. The summed E-state index contributed by atoms with van der Waals surface area (Å²) in [7, 11) is 2.64. The minimum absolute atomic E-state index is 0.0339. The van der Waals surface area contributed by atoms with E-state index in [1.807, 2.05) is 58.3 Å². The van der Waals surface area contributed by atoms with Crippen molar-refractivity contribution in [3.8, 4) is 22.6 Å². The number of H-pyrrole nitrogens is 2. The molecule has 2 aromatic heterocycles. The second-order valence-corrected chi connectivity index (χ2v) is 19.4. The molecule has 2 saturated carbocycles. The number of aromatic nitrogens is 4. The van der Waals surface area contributed by atoms with Gasteiger partial charge in [-0.2, -0.15) is 0 Å².